The van der Waals surface area contributed by atoms with Crippen LogP contribution >= 0.6 is 23.2 Å². The molecule has 9 heteroatoms. The molecule has 1 fully saturated rings. The van der Waals surface area contributed by atoms with Crippen molar-refractivity contribution in [3.05, 3.63) is 45.8 Å². The molecule has 0 saturated carbocycles. The lowest BCUT2D eigenvalue weighted by molar-refractivity contribution is -0.523. The Morgan fingerprint density at radius 2 is 1.76 bits per heavy atom. The number of hydrogen-bond donors (Lipinski definition) is 0. The third-order valence-electron chi connectivity index (χ3n) is 3.12. The van der Waals surface area contributed by atoms with Gasteiger partial charge in [-0.05, 0) is 29.3 Å². The molecule has 0 spiro atoms. The van der Waals surface area contributed by atoms with Crippen LogP contribution in [-0.4, -0.2) is 26.1 Å². The standard InChI is InChI=1S/C12H9Cl2FN2O4/c13-12(14,17(20)21)11(7-3-1-2-4-8(7)15)16-9(18)5-6-10(16)19/h1-4,11H,5-6H2. The van der Waals surface area contributed by atoms with Gasteiger partial charge >= 0.3 is 4.46 Å². The second kappa shape index (κ2) is 5.57. The van der Waals surface area contributed by atoms with Gasteiger partial charge in [0.15, 0.2) is 6.04 Å². The molecule has 1 aliphatic rings. The van der Waals surface area contributed by atoms with Gasteiger partial charge in [-0.1, -0.05) is 18.2 Å². The van der Waals surface area contributed by atoms with Gasteiger partial charge in [0.05, 0.1) is 4.92 Å². The fraction of sp³-hybridized carbons (Fsp3) is 0.333. The van der Waals surface area contributed by atoms with Crippen LogP contribution in [0, 0.1) is 15.9 Å². The summed E-state index contributed by atoms with van der Waals surface area (Å²) < 4.78 is 11.2. The summed E-state index contributed by atoms with van der Waals surface area (Å²) in [5, 5.41) is 11.1. The van der Waals surface area contributed by atoms with Crippen molar-refractivity contribution in [1.82, 2.24) is 4.90 Å². The van der Waals surface area contributed by atoms with Crippen LogP contribution in [0.2, 0.25) is 0 Å². The third-order valence-corrected chi connectivity index (χ3v) is 3.81. The number of amides is 2. The zero-order valence-corrected chi connectivity index (χ0v) is 12.0. The van der Waals surface area contributed by atoms with Gasteiger partial charge in [-0.15, -0.1) is 0 Å². The summed E-state index contributed by atoms with van der Waals surface area (Å²) in [6.07, 6.45) is -0.239. The largest absolute Gasteiger partial charge is 0.395 e. The van der Waals surface area contributed by atoms with Gasteiger partial charge in [0.1, 0.15) is 5.82 Å². The van der Waals surface area contributed by atoms with E-state index in [2.05, 4.69) is 0 Å². The van der Waals surface area contributed by atoms with Gasteiger partial charge in [0.2, 0.25) is 11.8 Å². The normalized spacial score (nSPS) is 17.2. The summed E-state index contributed by atoms with van der Waals surface area (Å²) >= 11 is 11.4. The zero-order chi connectivity index (χ0) is 15.8. The summed E-state index contributed by atoms with van der Waals surface area (Å²) in [7, 11) is 0. The Morgan fingerprint density at radius 3 is 2.24 bits per heavy atom. The highest BCUT2D eigenvalue weighted by Crippen LogP contribution is 2.43. The van der Waals surface area contributed by atoms with Crippen molar-refractivity contribution < 1.29 is 18.9 Å². The average molecular weight is 335 g/mol. The van der Waals surface area contributed by atoms with Crippen molar-refractivity contribution >= 4 is 35.0 Å². The summed E-state index contributed by atoms with van der Waals surface area (Å²) in [6.45, 7) is 0. The monoisotopic (exact) mass is 334 g/mol. The molecular formula is C12H9Cl2FN2O4. The van der Waals surface area contributed by atoms with Crippen molar-refractivity contribution in [2.45, 2.75) is 23.3 Å². The fourth-order valence-electron chi connectivity index (χ4n) is 2.16. The first kappa shape index (κ1) is 15.7. The van der Waals surface area contributed by atoms with Gasteiger partial charge in [0, 0.05) is 18.4 Å². The van der Waals surface area contributed by atoms with E-state index in [9.17, 15) is 24.1 Å². The SMILES string of the molecule is O=C1CCC(=O)N1C(c1ccccc1F)C(Cl)(Cl)[N+](=O)[O-]. The van der Waals surface area contributed by atoms with Crippen LogP contribution in [0.4, 0.5) is 4.39 Å². The van der Waals surface area contributed by atoms with Gasteiger partial charge in [-0.3, -0.25) is 24.6 Å². The number of nitro groups is 1. The molecule has 1 aromatic rings. The summed E-state index contributed by atoms with van der Waals surface area (Å²) in [4.78, 5) is 34.2. The molecule has 2 amide bonds. The molecule has 1 aromatic carbocycles. The van der Waals surface area contributed by atoms with E-state index in [1.54, 1.807) is 0 Å². The van der Waals surface area contributed by atoms with Crippen LogP contribution in [0.25, 0.3) is 0 Å². The van der Waals surface area contributed by atoms with E-state index in [4.69, 9.17) is 23.2 Å². The fourth-order valence-corrected chi connectivity index (χ4v) is 2.59. The molecule has 0 N–H and O–H groups in total. The Morgan fingerprint density at radius 1 is 1.24 bits per heavy atom. The molecular weight excluding hydrogens is 326 g/mol. The summed E-state index contributed by atoms with van der Waals surface area (Å²) in [5.41, 5.74) is -0.289. The van der Waals surface area contributed by atoms with E-state index in [0.717, 1.165) is 6.07 Å². The maximum absolute atomic E-state index is 14.0. The smallest absolute Gasteiger partial charge is 0.274 e. The van der Waals surface area contributed by atoms with E-state index in [-0.39, 0.29) is 18.4 Å². The molecule has 1 aliphatic heterocycles. The first-order valence-electron chi connectivity index (χ1n) is 5.88. The van der Waals surface area contributed by atoms with Gasteiger partial charge in [0.25, 0.3) is 0 Å². The number of likely N-dealkylation sites (tertiary alicyclic amines) is 1. The predicted molar refractivity (Wildman–Crippen MR) is 71.7 cm³/mol. The van der Waals surface area contributed by atoms with Crippen molar-refractivity contribution in [2.24, 2.45) is 0 Å². The van der Waals surface area contributed by atoms with Crippen LogP contribution < -0.4 is 0 Å². The maximum atomic E-state index is 14.0. The maximum Gasteiger partial charge on any atom is 0.395 e. The quantitative estimate of drug-likeness (QED) is 0.278. The van der Waals surface area contributed by atoms with E-state index in [0.29, 0.717) is 4.90 Å². The van der Waals surface area contributed by atoms with Crippen LogP contribution in [0.3, 0.4) is 0 Å². The molecule has 0 radical (unpaired) electrons. The van der Waals surface area contributed by atoms with Gasteiger partial charge in [-0.25, -0.2) is 4.39 Å². The van der Waals surface area contributed by atoms with E-state index >= 15 is 0 Å². The van der Waals surface area contributed by atoms with E-state index < -0.39 is 33.1 Å². The zero-order valence-electron chi connectivity index (χ0n) is 10.5. The molecule has 0 bridgehead atoms. The van der Waals surface area contributed by atoms with Crippen molar-refractivity contribution in [3.63, 3.8) is 0 Å². The molecule has 1 atom stereocenters. The molecule has 0 aromatic heterocycles. The molecule has 1 saturated heterocycles. The minimum atomic E-state index is -2.75. The van der Waals surface area contributed by atoms with E-state index in [1.165, 1.54) is 18.2 Å². The lowest BCUT2D eigenvalue weighted by atomic mass is 10.0. The second-order valence-corrected chi connectivity index (χ2v) is 5.77. The molecule has 2 rings (SSSR count). The number of hydrogen-bond acceptors (Lipinski definition) is 4. The molecule has 21 heavy (non-hydrogen) atoms. The highest BCUT2D eigenvalue weighted by molar-refractivity contribution is 6.47. The topological polar surface area (TPSA) is 80.5 Å². The van der Waals surface area contributed by atoms with Crippen LogP contribution in [-0.2, 0) is 9.59 Å². The highest BCUT2D eigenvalue weighted by Gasteiger charge is 2.56. The van der Waals surface area contributed by atoms with Crippen molar-refractivity contribution in [1.29, 1.82) is 0 Å². The molecule has 1 unspecified atom stereocenters. The molecule has 0 aliphatic carbocycles. The Balaban J connectivity index is 2.61. The van der Waals surface area contributed by atoms with Crippen LogP contribution in [0.5, 0.6) is 0 Å². The first-order chi connectivity index (χ1) is 9.76. The Hall–Kier alpha value is -1.73. The van der Waals surface area contributed by atoms with Gasteiger partial charge in [-0.2, -0.15) is 0 Å². The third kappa shape index (κ3) is 2.71. The molecule has 1 heterocycles. The Labute approximate surface area is 128 Å². The minimum absolute atomic E-state index is 0.120. The first-order valence-corrected chi connectivity index (χ1v) is 6.64. The molecule has 112 valence electrons. The number of nitrogens with zero attached hydrogens (tertiary/aromatic N) is 2. The number of rotatable bonds is 4. The van der Waals surface area contributed by atoms with Crippen LogP contribution in [0.15, 0.2) is 24.3 Å². The predicted octanol–water partition coefficient (Wildman–Crippen LogP) is 2.42. The average Bonchev–Trinajstić information content (AvgIpc) is 2.73. The second-order valence-electron chi connectivity index (χ2n) is 4.43. The van der Waals surface area contributed by atoms with Gasteiger partial charge < -0.3 is 0 Å². The molecule has 6 nitrogen and oxygen atoms in total. The minimum Gasteiger partial charge on any atom is -0.274 e. The number of carbonyl (C=O) groups is 2. The number of halogens is 3. The number of benzene rings is 1. The van der Waals surface area contributed by atoms with Crippen molar-refractivity contribution in [3.8, 4) is 0 Å². The van der Waals surface area contributed by atoms with Crippen LogP contribution in [0.1, 0.15) is 24.4 Å². The Kier molecular flexibility index (Phi) is 4.15. The summed E-state index contributed by atoms with van der Waals surface area (Å²) in [5.74, 6) is -2.20. The lowest BCUT2D eigenvalue weighted by Crippen LogP contribution is -2.46. The summed E-state index contributed by atoms with van der Waals surface area (Å²) in [6, 6.07) is 3.26. The number of imide groups is 1. The highest BCUT2D eigenvalue weighted by atomic mass is 35.5. The van der Waals surface area contributed by atoms with Crippen molar-refractivity contribution in [2.75, 3.05) is 0 Å². The number of alkyl halides is 2. The van der Waals surface area contributed by atoms with E-state index in [1.807, 2.05) is 0 Å². The number of carbonyl (C=O) groups excluding carboxylic acids is 2. The Bertz CT molecular complexity index is 607. The lowest BCUT2D eigenvalue weighted by Gasteiger charge is -2.30.